The molecule has 3 aromatic rings. The molecule has 1 aromatic carbocycles. The van der Waals surface area contributed by atoms with Crippen molar-refractivity contribution in [3.63, 3.8) is 0 Å². The zero-order valence-electron chi connectivity index (χ0n) is 12.5. The number of hydrogen-bond donors (Lipinski definition) is 2. The van der Waals surface area contributed by atoms with Gasteiger partial charge in [0.05, 0.1) is 4.34 Å². The molecule has 0 bridgehead atoms. The first-order valence-corrected chi connectivity index (χ1v) is 10.2. The molecule has 126 valence electrons. The number of nitrogens with one attached hydrogen (secondary N) is 2. The normalized spacial score (nSPS) is 18.0. The molecule has 0 fully saturated rings. The number of H-pyrrole nitrogens is 1. The summed E-state index contributed by atoms with van der Waals surface area (Å²) in [6.07, 6.45) is 2.00. The lowest BCUT2D eigenvalue weighted by Gasteiger charge is -2.23. The number of hydrogen-bond acceptors (Lipinski definition) is 3. The largest absolute Gasteiger partial charge is 0.358 e. The van der Waals surface area contributed by atoms with Gasteiger partial charge in [-0.3, -0.25) is 0 Å². The zero-order valence-corrected chi connectivity index (χ0v) is 14.9. The Balaban J connectivity index is 1.61. The van der Waals surface area contributed by atoms with Gasteiger partial charge >= 0.3 is 0 Å². The van der Waals surface area contributed by atoms with Crippen molar-refractivity contribution in [2.24, 2.45) is 0 Å². The third kappa shape index (κ3) is 2.86. The summed E-state index contributed by atoms with van der Waals surface area (Å²) in [4.78, 5) is 3.24. The van der Waals surface area contributed by atoms with Crippen molar-refractivity contribution in [3.8, 4) is 0 Å². The third-order valence-electron chi connectivity index (χ3n) is 4.29. The number of thiophene rings is 1. The first-order chi connectivity index (χ1) is 11.4. The van der Waals surface area contributed by atoms with Crippen molar-refractivity contribution < 1.29 is 12.8 Å². The summed E-state index contributed by atoms with van der Waals surface area (Å²) in [7, 11) is -3.57. The highest BCUT2D eigenvalue weighted by Crippen LogP contribution is 2.31. The van der Waals surface area contributed by atoms with E-state index in [0.717, 1.165) is 39.9 Å². The van der Waals surface area contributed by atoms with Gasteiger partial charge in [-0.15, -0.1) is 11.3 Å². The van der Waals surface area contributed by atoms with Crippen LogP contribution in [-0.4, -0.2) is 19.4 Å². The number of aromatic amines is 1. The van der Waals surface area contributed by atoms with E-state index in [1.807, 2.05) is 0 Å². The molecule has 24 heavy (non-hydrogen) atoms. The quantitative estimate of drug-likeness (QED) is 0.720. The van der Waals surface area contributed by atoms with E-state index in [4.69, 9.17) is 11.6 Å². The van der Waals surface area contributed by atoms with Gasteiger partial charge in [0.25, 0.3) is 0 Å². The topological polar surface area (TPSA) is 62.0 Å². The van der Waals surface area contributed by atoms with Crippen LogP contribution in [0.2, 0.25) is 4.34 Å². The standard InChI is InChI=1S/C16H14ClFN2O2S2/c17-15-5-6-16(23-15)24(21,22)20-10-2-4-13-12(8-10)11-3-1-9(18)7-14(11)19-13/h1,3,5-7,10,19-20H,2,4,8H2. The Bertz CT molecular complexity index is 1030. The maximum absolute atomic E-state index is 13.4. The second-order valence-corrected chi connectivity index (χ2v) is 9.55. The van der Waals surface area contributed by atoms with Gasteiger partial charge in [0.1, 0.15) is 10.0 Å². The molecule has 4 nitrogen and oxygen atoms in total. The van der Waals surface area contributed by atoms with Crippen LogP contribution in [-0.2, 0) is 22.9 Å². The van der Waals surface area contributed by atoms with Gasteiger partial charge in [-0.2, -0.15) is 0 Å². The average molecular weight is 385 g/mol. The van der Waals surface area contributed by atoms with Crippen molar-refractivity contribution in [1.29, 1.82) is 0 Å². The van der Waals surface area contributed by atoms with Gasteiger partial charge in [-0.05, 0) is 55.2 Å². The third-order valence-corrected chi connectivity index (χ3v) is 7.53. The van der Waals surface area contributed by atoms with Crippen molar-refractivity contribution in [2.45, 2.75) is 29.5 Å². The second-order valence-electron chi connectivity index (χ2n) is 5.89. The van der Waals surface area contributed by atoms with E-state index in [1.165, 1.54) is 18.2 Å². The Morgan fingerprint density at radius 1 is 1.29 bits per heavy atom. The van der Waals surface area contributed by atoms with Crippen LogP contribution < -0.4 is 4.72 Å². The number of benzene rings is 1. The van der Waals surface area contributed by atoms with E-state index in [-0.39, 0.29) is 16.1 Å². The minimum atomic E-state index is -3.57. The van der Waals surface area contributed by atoms with Gasteiger partial charge < -0.3 is 4.98 Å². The predicted octanol–water partition coefficient (Wildman–Crippen LogP) is 3.86. The van der Waals surface area contributed by atoms with Crippen molar-refractivity contribution in [2.75, 3.05) is 0 Å². The lowest BCUT2D eigenvalue weighted by atomic mass is 9.92. The van der Waals surface area contributed by atoms with E-state index >= 15 is 0 Å². The Morgan fingerprint density at radius 3 is 2.88 bits per heavy atom. The van der Waals surface area contributed by atoms with Gasteiger partial charge in [-0.25, -0.2) is 17.5 Å². The first-order valence-electron chi connectivity index (χ1n) is 7.49. The van der Waals surface area contributed by atoms with Gasteiger partial charge in [-0.1, -0.05) is 11.6 Å². The second kappa shape index (κ2) is 5.84. The maximum Gasteiger partial charge on any atom is 0.250 e. The fourth-order valence-electron chi connectivity index (χ4n) is 3.22. The minimum Gasteiger partial charge on any atom is -0.358 e. The van der Waals surface area contributed by atoms with Gasteiger partial charge in [0.2, 0.25) is 10.0 Å². The van der Waals surface area contributed by atoms with Crippen LogP contribution in [0.5, 0.6) is 0 Å². The summed E-state index contributed by atoms with van der Waals surface area (Å²) in [6.45, 7) is 0. The monoisotopic (exact) mass is 384 g/mol. The summed E-state index contributed by atoms with van der Waals surface area (Å²) in [5, 5.41) is 0.953. The molecule has 1 aliphatic rings. The highest BCUT2D eigenvalue weighted by Gasteiger charge is 2.27. The average Bonchev–Trinajstić information content (AvgIpc) is 3.10. The van der Waals surface area contributed by atoms with Crippen molar-refractivity contribution >= 4 is 43.9 Å². The lowest BCUT2D eigenvalue weighted by Crippen LogP contribution is -2.38. The summed E-state index contributed by atoms with van der Waals surface area (Å²) in [5.41, 5.74) is 2.88. The van der Waals surface area contributed by atoms with Crippen LogP contribution in [0.3, 0.4) is 0 Å². The molecular formula is C16H14ClFN2O2S2. The van der Waals surface area contributed by atoms with Crippen LogP contribution in [0.25, 0.3) is 10.9 Å². The predicted molar refractivity (Wildman–Crippen MR) is 93.7 cm³/mol. The summed E-state index contributed by atoms with van der Waals surface area (Å²) in [5.74, 6) is -0.284. The molecule has 0 spiro atoms. The van der Waals surface area contributed by atoms with Crippen LogP contribution >= 0.6 is 22.9 Å². The number of fused-ring (bicyclic) bond motifs is 3. The Morgan fingerprint density at radius 2 is 2.12 bits per heavy atom. The van der Waals surface area contributed by atoms with Crippen LogP contribution in [0.4, 0.5) is 4.39 Å². The smallest absolute Gasteiger partial charge is 0.250 e. The van der Waals surface area contributed by atoms with E-state index in [1.54, 1.807) is 12.1 Å². The molecule has 0 saturated carbocycles. The number of aryl methyl sites for hydroxylation is 1. The zero-order chi connectivity index (χ0) is 16.9. The fraction of sp³-hybridized carbons (Fsp3) is 0.250. The lowest BCUT2D eigenvalue weighted by molar-refractivity contribution is 0.507. The van der Waals surface area contributed by atoms with Crippen molar-refractivity contribution in [3.05, 3.63) is 51.7 Å². The molecule has 0 aliphatic heterocycles. The Kier molecular flexibility index (Phi) is 3.91. The Labute approximate surface area is 147 Å². The number of sulfonamides is 1. The van der Waals surface area contributed by atoms with Crippen LogP contribution in [0.1, 0.15) is 17.7 Å². The molecule has 4 rings (SSSR count). The molecule has 0 saturated heterocycles. The maximum atomic E-state index is 13.4. The molecule has 1 atom stereocenters. The molecule has 1 aliphatic carbocycles. The van der Waals surface area contributed by atoms with E-state index in [2.05, 4.69) is 9.71 Å². The highest BCUT2D eigenvalue weighted by atomic mass is 35.5. The summed E-state index contributed by atoms with van der Waals surface area (Å²) >= 11 is 6.87. The molecule has 8 heteroatoms. The Hall–Kier alpha value is -1.41. The molecule has 2 N–H and O–H groups in total. The van der Waals surface area contributed by atoms with E-state index < -0.39 is 10.0 Å². The number of aromatic nitrogens is 1. The molecule has 1 unspecified atom stereocenters. The van der Waals surface area contributed by atoms with Gasteiger partial charge in [0.15, 0.2) is 0 Å². The van der Waals surface area contributed by atoms with E-state index in [0.29, 0.717) is 17.2 Å². The number of rotatable bonds is 3. The summed E-state index contributed by atoms with van der Waals surface area (Å²) in [6, 6.07) is 7.55. The molecule has 0 radical (unpaired) electrons. The van der Waals surface area contributed by atoms with Crippen LogP contribution in [0.15, 0.2) is 34.5 Å². The molecule has 0 amide bonds. The van der Waals surface area contributed by atoms with Crippen LogP contribution in [0, 0.1) is 5.82 Å². The molecular weight excluding hydrogens is 371 g/mol. The molecule has 2 heterocycles. The molecule has 2 aromatic heterocycles. The highest BCUT2D eigenvalue weighted by molar-refractivity contribution is 7.91. The first kappa shape index (κ1) is 16.1. The minimum absolute atomic E-state index is 0.188. The number of halogens is 2. The van der Waals surface area contributed by atoms with Crippen molar-refractivity contribution in [1.82, 2.24) is 9.71 Å². The van der Waals surface area contributed by atoms with E-state index in [9.17, 15) is 12.8 Å². The summed E-state index contributed by atoms with van der Waals surface area (Å²) < 4.78 is 41.7. The fourth-order valence-corrected chi connectivity index (χ4v) is 5.99. The van der Waals surface area contributed by atoms with Gasteiger partial charge in [0, 0.05) is 22.6 Å². The SMILES string of the molecule is O=S(=O)(NC1CCc2[nH]c3cc(F)ccc3c2C1)c1ccc(Cl)s1.